The molecule has 0 aliphatic carbocycles. The number of nitrogens with one attached hydrogen (secondary N) is 1. The number of hydrogen-bond acceptors (Lipinski definition) is 5. The van der Waals surface area contributed by atoms with Gasteiger partial charge >= 0.3 is 5.97 Å². The molecule has 0 aliphatic heterocycles. The third-order valence-electron chi connectivity index (χ3n) is 8.60. The van der Waals surface area contributed by atoms with Crippen LogP contribution in [0.25, 0.3) is 0 Å². The van der Waals surface area contributed by atoms with Gasteiger partial charge in [0.25, 0.3) is 0 Å². The summed E-state index contributed by atoms with van der Waals surface area (Å²) < 4.78 is 5.82. The monoisotopic (exact) mass is 722 g/mol. The van der Waals surface area contributed by atoms with E-state index in [2.05, 4.69) is 50.4 Å². The minimum atomic E-state index is -0.814. The van der Waals surface area contributed by atoms with Gasteiger partial charge in [-0.2, -0.15) is 0 Å². The molecule has 0 rings (SSSR count). The Morgan fingerprint density at radius 1 is 0.577 bits per heavy atom. The maximum absolute atomic E-state index is 13.0. The molecule has 0 aliphatic rings. The standard InChI is InChI=1S/C46H75NO5/c1-4-7-10-13-16-19-21-22-24-27-30-33-36-39-46(51)52-42(37-34-31-28-26-23-20-17-14-11-8-5-2)40-45(50)47-43(41-48)44(49)38-35-32-29-25-18-15-12-9-6-3/h7-8,10-11,13-14,16-17,19-24,26,28,42-44,48-49H,4-6,9,12,15,18,25,27,29-41H2,1-3H3,(H,47,50)/b10-7+,11-8+,16-13+,17-14+,21-19-,23-20-,24-22-,28-26-. The minimum absolute atomic E-state index is 0.00900. The third-order valence-corrected chi connectivity index (χ3v) is 8.60. The summed E-state index contributed by atoms with van der Waals surface area (Å²) in [6.07, 6.45) is 50.5. The highest BCUT2D eigenvalue weighted by Crippen LogP contribution is 2.15. The summed E-state index contributed by atoms with van der Waals surface area (Å²) in [5.41, 5.74) is 0. The van der Waals surface area contributed by atoms with Crippen molar-refractivity contribution in [3.8, 4) is 0 Å². The van der Waals surface area contributed by atoms with E-state index in [1.807, 2.05) is 72.9 Å². The fourth-order valence-electron chi connectivity index (χ4n) is 5.51. The number of allylic oxidation sites excluding steroid dienone is 16. The molecule has 52 heavy (non-hydrogen) atoms. The van der Waals surface area contributed by atoms with Gasteiger partial charge in [0.2, 0.25) is 5.91 Å². The molecule has 1 amide bonds. The Kier molecular flexibility index (Phi) is 36.6. The van der Waals surface area contributed by atoms with Crippen LogP contribution in [-0.4, -0.2) is 46.9 Å². The molecular formula is C46H75NO5. The van der Waals surface area contributed by atoms with Crippen LogP contribution >= 0.6 is 0 Å². The summed E-state index contributed by atoms with van der Waals surface area (Å²) in [6.45, 7) is 6.10. The van der Waals surface area contributed by atoms with Crippen LogP contribution in [-0.2, 0) is 14.3 Å². The van der Waals surface area contributed by atoms with Crippen LogP contribution in [0, 0.1) is 0 Å². The predicted molar refractivity (Wildman–Crippen MR) is 222 cm³/mol. The van der Waals surface area contributed by atoms with Crippen molar-refractivity contribution in [3.63, 3.8) is 0 Å². The van der Waals surface area contributed by atoms with Crippen molar-refractivity contribution >= 4 is 11.9 Å². The van der Waals surface area contributed by atoms with E-state index in [0.29, 0.717) is 19.3 Å². The van der Waals surface area contributed by atoms with Gasteiger partial charge in [0.1, 0.15) is 6.10 Å². The number of aliphatic hydroxyl groups excluding tert-OH is 2. The van der Waals surface area contributed by atoms with E-state index in [0.717, 1.165) is 70.6 Å². The summed E-state index contributed by atoms with van der Waals surface area (Å²) in [5.74, 6) is -0.606. The molecule has 0 fully saturated rings. The van der Waals surface area contributed by atoms with E-state index in [-0.39, 0.29) is 24.9 Å². The second-order valence-corrected chi connectivity index (χ2v) is 13.5. The first kappa shape index (κ1) is 48.8. The lowest BCUT2D eigenvalue weighted by atomic mass is 10.0. The van der Waals surface area contributed by atoms with E-state index in [1.54, 1.807) is 0 Å². The average molecular weight is 722 g/mol. The average Bonchev–Trinajstić information content (AvgIpc) is 3.13. The molecule has 0 radical (unpaired) electrons. The highest BCUT2D eigenvalue weighted by Gasteiger charge is 2.23. The van der Waals surface area contributed by atoms with Crippen LogP contribution in [0.5, 0.6) is 0 Å². The summed E-state index contributed by atoms with van der Waals surface area (Å²) in [7, 11) is 0. The van der Waals surface area contributed by atoms with E-state index in [1.165, 1.54) is 38.5 Å². The van der Waals surface area contributed by atoms with E-state index in [9.17, 15) is 19.8 Å². The summed E-state index contributed by atoms with van der Waals surface area (Å²) in [4.78, 5) is 25.8. The number of carbonyl (C=O) groups is 2. The van der Waals surface area contributed by atoms with Crippen molar-refractivity contribution in [2.75, 3.05) is 6.61 Å². The topological polar surface area (TPSA) is 95.9 Å². The molecule has 3 unspecified atom stereocenters. The lowest BCUT2D eigenvalue weighted by Crippen LogP contribution is -2.46. The molecule has 294 valence electrons. The Morgan fingerprint density at radius 3 is 1.60 bits per heavy atom. The normalized spacial score (nSPS) is 14.5. The van der Waals surface area contributed by atoms with Crippen LogP contribution in [0.3, 0.4) is 0 Å². The van der Waals surface area contributed by atoms with Crippen LogP contribution < -0.4 is 5.32 Å². The lowest BCUT2D eigenvalue weighted by Gasteiger charge is -2.24. The van der Waals surface area contributed by atoms with Crippen molar-refractivity contribution < 1.29 is 24.5 Å². The zero-order chi connectivity index (χ0) is 38.2. The van der Waals surface area contributed by atoms with Gasteiger partial charge < -0.3 is 20.3 Å². The maximum Gasteiger partial charge on any atom is 0.306 e. The number of carbonyl (C=O) groups excluding carboxylic acids is 2. The van der Waals surface area contributed by atoms with Gasteiger partial charge in [-0.15, -0.1) is 0 Å². The molecule has 0 aromatic rings. The van der Waals surface area contributed by atoms with Gasteiger partial charge in [0.05, 0.1) is 25.2 Å². The SMILES string of the molecule is CC/C=C/C=C/C=C\C=C/CCCCCC(=O)OC(CCC\C=C/C=C\C=C\C=C\CC)CC(=O)NC(CO)C(O)CCCCCCCCCCC. The number of hydrogen-bond donors (Lipinski definition) is 3. The molecule has 0 spiro atoms. The second-order valence-electron chi connectivity index (χ2n) is 13.5. The summed E-state index contributed by atoms with van der Waals surface area (Å²) in [6, 6.07) is -0.733. The van der Waals surface area contributed by atoms with Gasteiger partial charge in [-0.25, -0.2) is 0 Å². The highest BCUT2D eigenvalue weighted by molar-refractivity contribution is 5.77. The molecule has 0 aromatic heterocycles. The molecule has 0 aromatic carbocycles. The molecule has 0 saturated carbocycles. The first-order valence-corrected chi connectivity index (χ1v) is 20.6. The first-order chi connectivity index (χ1) is 25.5. The van der Waals surface area contributed by atoms with Gasteiger partial charge in [0.15, 0.2) is 0 Å². The number of esters is 1. The molecule has 0 heterocycles. The molecule has 6 nitrogen and oxygen atoms in total. The van der Waals surface area contributed by atoms with Crippen molar-refractivity contribution in [2.24, 2.45) is 0 Å². The molecular weight excluding hydrogens is 647 g/mol. The number of rotatable bonds is 34. The maximum atomic E-state index is 13.0. The van der Waals surface area contributed by atoms with E-state index < -0.39 is 18.2 Å². The molecule has 0 saturated heterocycles. The van der Waals surface area contributed by atoms with Crippen LogP contribution in [0.4, 0.5) is 0 Å². The fraction of sp³-hybridized carbons (Fsp3) is 0.609. The van der Waals surface area contributed by atoms with Crippen molar-refractivity contribution in [1.29, 1.82) is 0 Å². The van der Waals surface area contributed by atoms with E-state index >= 15 is 0 Å². The van der Waals surface area contributed by atoms with Crippen molar-refractivity contribution in [2.45, 2.75) is 174 Å². The van der Waals surface area contributed by atoms with Gasteiger partial charge in [-0.05, 0) is 57.8 Å². The van der Waals surface area contributed by atoms with Crippen molar-refractivity contribution in [1.82, 2.24) is 5.32 Å². The number of amides is 1. The Morgan fingerprint density at radius 2 is 1.06 bits per heavy atom. The Hall–Kier alpha value is -3.22. The van der Waals surface area contributed by atoms with Gasteiger partial charge in [-0.3, -0.25) is 9.59 Å². The number of ether oxygens (including phenoxy) is 1. The number of aliphatic hydroxyl groups is 2. The van der Waals surface area contributed by atoms with Crippen LogP contribution in [0.2, 0.25) is 0 Å². The Labute approximate surface area is 318 Å². The largest absolute Gasteiger partial charge is 0.462 e. The predicted octanol–water partition coefficient (Wildman–Crippen LogP) is 11.4. The van der Waals surface area contributed by atoms with Gasteiger partial charge in [0, 0.05) is 6.42 Å². The summed E-state index contributed by atoms with van der Waals surface area (Å²) >= 11 is 0. The van der Waals surface area contributed by atoms with Crippen LogP contribution in [0.15, 0.2) is 97.2 Å². The Bertz CT molecular complexity index is 1080. The molecule has 3 N–H and O–H groups in total. The minimum Gasteiger partial charge on any atom is -0.462 e. The first-order valence-electron chi connectivity index (χ1n) is 20.6. The zero-order valence-electron chi connectivity index (χ0n) is 33.1. The third kappa shape index (κ3) is 33.9. The molecule has 6 heteroatoms. The number of unbranched alkanes of at least 4 members (excludes halogenated alkanes) is 12. The molecule has 3 atom stereocenters. The van der Waals surface area contributed by atoms with Gasteiger partial charge in [-0.1, -0.05) is 182 Å². The smallest absolute Gasteiger partial charge is 0.306 e. The zero-order valence-corrected chi connectivity index (χ0v) is 33.1. The quantitative estimate of drug-likeness (QED) is 0.0349. The van der Waals surface area contributed by atoms with E-state index in [4.69, 9.17) is 4.74 Å². The Balaban J connectivity index is 4.82. The summed E-state index contributed by atoms with van der Waals surface area (Å²) in [5, 5.41) is 23.5. The lowest BCUT2D eigenvalue weighted by molar-refractivity contribution is -0.151. The highest BCUT2D eigenvalue weighted by atomic mass is 16.5. The fourth-order valence-corrected chi connectivity index (χ4v) is 5.51. The molecule has 0 bridgehead atoms. The van der Waals surface area contributed by atoms with Crippen molar-refractivity contribution in [3.05, 3.63) is 97.2 Å². The second kappa shape index (κ2) is 39.0. The van der Waals surface area contributed by atoms with Crippen LogP contribution in [0.1, 0.15) is 156 Å².